The van der Waals surface area contributed by atoms with Gasteiger partial charge in [-0.1, -0.05) is 23.7 Å². The summed E-state index contributed by atoms with van der Waals surface area (Å²) >= 11 is 6.03. The van der Waals surface area contributed by atoms with E-state index in [0.717, 1.165) is 36.7 Å². The second kappa shape index (κ2) is 10.8. The lowest BCUT2D eigenvalue weighted by atomic mass is 9.85. The lowest BCUT2D eigenvalue weighted by molar-refractivity contribution is 0.0917. The lowest BCUT2D eigenvalue weighted by Crippen LogP contribution is -2.39. The first-order valence-electron chi connectivity index (χ1n) is 12.7. The van der Waals surface area contributed by atoms with Crippen molar-refractivity contribution in [2.24, 2.45) is 5.92 Å². The largest absolute Gasteiger partial charge is 0.354 e. The summed E-state index contributed by atoms with van der Waals surface area (Å²) in [6.45, 7) is 2.39. The van der Waals surface area contributed by atoms with Crippen molar-refractivity contribution in [2.75, 3.05) is 7.05 Å². The van der Waals surface area contributed by atoms with E-state index in [9.17, 15) is 14.4 Å². The number of fused-ring (bicyclic) bond motifs is 1. The van der Waals surface area contributed by atoms with Crippen molar-refractivity contribution < 1.29 is 9.59 Å². The zero-order chi connectivity index (χ0) is 26.8. The van der Waals surface area contributed by atoms with E-state index in [1.807, 2.05) is 28.8 Å². The number of rotatable bonds is 6. The van der Waals surface area contributed by atoms with Crippen LogP contribution in [0.15, 0.2) is 59.7 Å². The smallest absolute Gasteiger partial charge is 0.333 e. The highest BCUT2D eigenvalue weighted by molar-refractivity contribution is 6.30. The fourth-order valence-corrected chi connectivity index (χ4v) is 5.32. The quantitative estimate of drug-likeness (QED) is 0.391. The van der Waals surface area contributed by atoms with Crippen LogP contribution in [0.2, 0.25) is 5.02 Å². The zero-order valence-electron chi connectivity index (χ0n) is 21.3. The standard InChI is InChI=1S/C28H29ClN6O3/c1-17-22(13-19(29)14-31-17)26(36)33-20-9-7-18(8-10-20)16-34-24-5-3-4-6-25(24)35(28(34)38)21-11-12-23(32-15-21)27(37)30-2/h3-6,11-15,18,20H,7-10,16H2,1-2H3,(H,30,37)(H,33,36). The summed E-state index contributed by atoms with van der Waals surface area (Å²) in [6.07, 6.45) is 6.55. The normalized spacial score (nSPS) is 17.3. The van der Waals surface area contributed by atoms with Crippen LogP contribution in [0.5, 0.6) is 0 Å². The van der Waals surface area contributed by atoms with Gasteiger partial charge >= 0.3 is 5.69 Å². The number of imidazole rings is 1. The number of halogens is 1. The van der Waals surface area contributed by atoms with E-state index in [2.05, 4.69) is 20.6 Å². The molecule has 0 unspecified atom stereocenters. The molecule has 1 aromatic carbocycles. The van der Waals surface area contributed by atoms with Gasteiger partial charge in [-0.2, -0.15) is 0 Å². The van der Waals surface area contributed by atoms with Crippen LogP contribution < -0.4 is 16.3 Å². The molecule has 0 bridgehead atoms. The molecule has 5 rings (SSSR count). The van der Waals surface area contributed by atoms with Crippen LogP contribution in [-0.4, -0.2) is 44.0 Å². The molecule has 2 N–H and O–H groups in total. The Morgan fingerprint density at radius 1 is 1.00 bits per heavy atom. The molecule has 1 fully saturated rings. The van der Waals surface area contributed by atoms with Crippen LogP contribution in [0.4, 0.5) is 0 Å². The predicted molar refractivity (Wildman–Crippen MR) is 146 cm³/mol. The molecule has 0 aliphatic heterocycles. The first kappa shape index (κ1) is 25.7. The van der Waals surface area contributed by atoms with Crippen molar-refractivity contribution in [1.82, 2.24) is 29.7 Å². The third-order valence-corrected chi connectivity index (χ3v) is 7.43. The number of carbonyl (C=O) groups is 2. The molecule has 4 aromatic rings. The number of carbonyl (C=O) groups excluding carboxylic acids is 2. The molecule has 10 heteroatoms. The topological polar surface area (TPSA) is 111 Å². The van der Waals surface area contributed by atoms with E-state index in [4.69, 9.17) is 11.6 Å². The number of benzene rings is 1. The van der Waals surface area contributed by atoms with Gasteiger partial charge < -0.3 is 10.6 Å². The van der Waals surface area contributed by atoms with Crippen LogP contribution in [0.25, 0.3) is 16.7 Å². The van der Waals surface area contributed by atoms with Gasteiger partial charge in [0, 0.05) is 25.8 Å². The highest BCUT2D eigenvalue weighted by atomic mass is 35.5. The molecular formula is C28H29ClN6O3. The number of aryl methyl sites for hydroxylation is 1. The number of hydrogen-bond acceptors (Lipinski definition) is 5. The number of aromatic nitrogens is 4. The molecule has 196 valence electrons. The lowest BCUT2D eigenvalue weighted by Gasteiger charge is -2.29. The molecule has 2 amide bonds. The zero-order valence-corrected chi connectivity index (χ0v) is 22.0. The van der Waals surface area contributed by atoms with Gasteiger partial charge in [0.05, 0.1) is 39.2 Å². The Bertz CT molecular complexity index is 1550. The fraction of sp³-hybridized carbons (Fsp3) is 0.321. The molecular weight excluding hydrogens is 504 g/mol. The average Bonchev–Trinajstić information content (AvgIpc) is 3.21. The number of hydrogen-bond donors (Lipinski definition) is 2. The van der Waals surface area contributed by atoms with Crippen molar-refractivity contribution in [2.45, 2.75) is 45.2 Å². The Morgan fingerprint density at radius 2 is 1.74 bits per heavy atom. The maximum Gasteiger partial charge on any atom is 0.333 e. The average molecular weight is 533 g/mol. The van der Waals surface area contributed by atoms with Crippen molar-refractivity contribution in [3.63, 3.8) is 0 Å². The summed E-state index contributed by atoms with van der Waals surface area (Å²) in [5, 5.41) is 6.11. The number of para-hydroxylation sites is 2. The van der Waals surface area contributed by atoms with Crippen LogP contribution in [0.1, 0.15) is 52.2 Å². The Balaban J connectivity index is 1.31. The van der Waals surface area contributed by atoms with Crippen LogP contribution in [-0.2, 0) is 6.54 Å². The van der Waals surface area contributed by atoms with Crippen LogP contribution in [0, 0.1) is 12.8 Å². The Morgan fingerprint density at radius 3 is 2.42 bits per heavy atom. The predicted octanol–water partition coefficient (Wildman–Crippen LogP) is 3.89. The number of nitrogens with one attached hydrogen (secondary N) is 2. The maximum atomic E-state index is 13.6. The van der Waals surface area contributed by atoms with Crippen molar-refractivity contribution in [1.29, 1.82) is 0 Å². The Kier molecular flexibility index (Phi) is 7.28. The Hall–Kier alpha value is -3.98. The number of amides is 2. The van der Waals surface area contributed by atoms with Crippen molar-refractivity contribution in [3.05, 3.63) is 87.3 Å². The van der Waals surface area contributed by atoms with Gasteiger partial charge in [-0.3, -0.25) is 23.7 Å². The van der Waals surface area contributed by atoms with E-state index in [-0.39, 0.29) is 23.5 Å². The van der Waals surface area contributed by atoms with Gasteiger partial charge in [0.25, 0.3) is 11.8 Å². The van der Waals surface area contributed by atoms with Gasteiger partial charge in [0.15, 0.2) is 0 Å². The SMILES string of the molecule is CNC(=O)c1ccc(-n2c(=O)n(CC3CCC(NC(=O)c4cc(Cl)cnc4C)CC3)c3ccccc32)cn1. The summed E-state index contributed by atoms with van der Waals surface area (Å²) in [4.78, 5) is 46.7. The van der Waals surface area contributed by atoms with Crippen LogP contribution >= 0.6 is 11.6 Å². The van der Waals surface area contributed by atoms with Crippen molar-refractivity contribution >= 4 is 34.4 Å². The molecule has 0 saturated heterocycles. The second-order valence-electron chi connectivity index (χ2n) is 9.68. The fourth-order valence-electron chi connectivity index (χ4n) is 5.16. The molecule has 3 aromatic heterocycles. The van der Waals surface area contributed by atoms with Gasteiger partial charge in [0.1, 0.15) is 5.69 Å². The van der Waals surface area contributed by atoms with E-state index >= 15 is 0 Å². The van der Waals surface area contributed by atoms with Gasteiger partial charge in [-0.05, 0) is 68.9 Å². The third kappa shape index (κ3) is 5.06. The molecule has 1 aliphatic carbocycles. The van der Waals surface area contributed by atoms with E-state index in [0.29, 0.717) is 40.1 Å². The number of pyridine rings is 2. The van der Waals surface area contributed by atoms with Gasteiger partial charge in [-0.25, -0.2) is 9.78 Å². The molecule has 38 heavy (non-hydrogen) atoms. The van der Waals surface area contributed by atoms with Crippen LogP contribution in [0.3, 0.4) is 0 Å². The summed E-state index contributed by atoms with van der Waals surface area (Å²) in [7, 11) is 1.55. The molecule has 9 nitrogen and oxygen atoms in total. The number of nitrogens with zero attached hydrogens (tertiary/aromatic N) is 4. The Labute approximate surface area is 224 Å². The molecule has 3 heterocycles. The minimum atomic E-state index is -0.280. The summed E-state index contributed by atoms with van der Waals surface area (Å²) in [6, 6.07) is 12.8. The molecule has 1 saturated carbocycles. The first-order valence-corrected chi connectivity index (χ1v) is 13.0. The van der Waals surface area contributed by atoms with E-state index < -0.39 is 0 Å². The third-order valence-electron chi connectivity index (χ3n) is 7.22. The minimum absolute atomic E-state index is 0.0695. The van der Waals surface area contributed by atoms with Gasteiger partial charge in [0.2, 0.25) is 0 Å². The highest BCUT2D eigenvalue weighted by Crippen LogP contribution is 2.28. The maximum absolute atomic E-state index is 13.6. The molecule has 0 radical (unpaired) electrons. The second-order valence-corrected chi connectivity index (χ2v) is 10.1. The van der Waals surface area contributed by atoms with Gasteiger partial charge in [-0.15, -0.1) is 0 Å². The van der Waals surface area contributed by atoms with E-state index in [1.165, 1.54) is 6.20 Å². The molecule has 1 aliphatic rings. The first-order chi connectivity index (χ1) is 18.4. The summed E-state index contributed by atoms with van der Waals surface area (Å²) in [5.74, 6) is -0.128. The minimum Gasteiger partial charge on any atom is -0.354 e. The summed E-state index contributed by atoms with van der Waals surface area (Å²) < 4.78 is 3.47. The monoisotopic (exact) mass is 532 g/mol. The van der Waals surface area contributed by atoms with E-state index in [1.54, 1.807) is 42.9 Å². The highest BCUT2D eigenvalue weighted by Gasteiger charge is 2.26. The van der Waals surface area contributed by atoms with Crippen molar-refractivity contribution in [3.8, 4) is 5.69 Å². The molecule has 0 spiro atoms. The summed E-state index contributed by atoms with van der Waals surface area (Å²) in [5.41, 5.74) is 3.55. The molecule has 0 atom stereocenters.